The van der Waals surface area contributed by atoms with E-state index in [1.54, 1.807) is 17.8 Å². The van der Waals surface area contributed by atoms with Crippen molar-refractivity contribution in [3.8, 4) is 17.1 Å². The molecule has 5 nitrogen and oxygen atoms in total. The van der Waals surface area contributed by atoms with Gasteiger partial charge in [0.15, 0.2) is 0 Å². The van der Waals surface area contributed by atoms with Crippen LogP contribution in [-0.2, 0) is 0 Å². The summed E-state index contributed by atoms with van der Waals surface area (Å²) in [6.45, 7) is 0. The lowest BCUT2D eigenvalue weighted by Crippen LogP contribution is -2.06. The van der Waals surface area contributed by atoms with Gasteiger partial charge >= 0.3 is 0 Å². The molecule has 2 N–H and O–H groups in total. The van der Waals surface area contributed by atoms with Gasteiger partial charge in [-0.1, -0.05) is 30.3 Å². The number of hydrogen-bond acceptors (Lipinski definition) is 4. The highest BCUT2D eigenvalue weighted by Gasteiger charge is 2.17. The summed E-state index contributed by atoms with van der Waals surface area (Å²) in [5, 5.41) is 3.35. The highest BCUT2D eigenvalue weighted by molar-refractivity contribution is 7.99. The maximum Gasteiger partial charge on any atom is 0.249 e. The third-order valence-electron chi connectivity index (χ3n) is 4.28. The van der Waals surface area contributed by atoms with Gasteiger partial charge in [-0.3, -0.25) is 9.36 Å². The van der Waals surface area contributed by atoms with Crippen LogP contribution in [0.5, 0.6) is 0 Å². The predicted molar refractivity (Wildman–Crippen MR) is 101 cm³/mol. The average molecular weight is 346 g/mol. The number of nitrogens with zero attached hydrogens (tertiary/aromatic N) is 2. The van der Waals surface area contributed by atoms with Gasteiger partial charge in [0, 0.05) is 22.2 Å². The molecule has 0 atom stereocenters. The zero-order valence-electron chi connectivity index (χ0n) is 13.2. The molecule has 1 aliphatic heterocycles. The Hall–Kier alpha value is -2.99. The molecule has 25 heavy (non-hydrogen) atoms. The van der Waals surface area contributed by atoms with Crippen LogP contribution in [0.3, 0.4) is 0 Å². The number of hydrogen-bond donors (Lipinski definition) is 2. The number of rotatable bonds is 2. The number of fused-ring (bicyclic) bond motifs is 2. The number of benzene rings is 2. The van der Waals surface area contributed by atoms with Crippen LogP contribution >= 0.6 is 11.8 Å². The van der Waals surface area contributed by atoms with Gasteiger partial charge in [0.05, 0.1) is 11.6 Å². The lowest BCUT2D eigenvalue weighted by Gasteiger charge is -2.10. The predicted octanol–water partition coefficient (Wildman–Crippen LogP) is 3.86. The summed E-state index contributed by atoms with van der Waals surface area (Å²) in [4.78, 5) is 20.8. The van der Waals surface area contributed by atoms with Crippen molar-refractivity contribution in [3.05, 3.63) is 71.0 Å². The van der Waals surface area contributed by atoms with Gasteiger partial charge in [0.25, 0.3) is 0 Å². The molecular formula is C19H14N4OS. The molecule has 6 heteroatoms. The Morgan fingerprint density at radius 2 is 1.92 bits per heavy atom. The van der Waals surface area contributed by atoms with Gasteiger partial charge in [-0.05, 0) is 24.3 Å². The Morgan fingerprint density at radius 3 is 2.80 bits per heavy atom. The summed E-state index contributed by atoms with van der Waals surface area (Å²) < 4.78 is 2.02. The molecule has 1 aliphatic rings. The molecule has 3 heterocycles. The van der Waals surface area contributed by atoms with Gasteiger partial charge in [0.2, 0.25) is 5.56 Å². The van der Waals surface area contributed by atoms with E-state index in [0.29, 0.717) is 5.65 Å². The van der Waals surface area contributed by atoms with Crippen molar-refractivity contribution >= 4 is 28.6 Å². The molecule has 0 spiro atoms. The zero-order chi connectivity index (χ0) is 16.8. The van der Waals surface area contributed by atoms with E-state index in [4.69, 9.17) is 4.98 Å². The average Bonchev–Trinajstić information content (AvgIpc) is 3.25. The molecular weight excluding hydrogens is 332 g/mol. The molecule has 0 bridgehead atoms. The maximum atomic E-state index is 11.9. The summed E-state index contributed by atoms with van der Waals surface area (Å²) in [6, 6.07) is 19.6. The first-order chi connectivity index (χ1) is 12.3. The Bertz CT molecular complexity index is 1150. The fourth-order valence-corrected chi connectivity index (χ4v) is 4.01. The standard InChI is InChI=1S/C19H14N4OS/c24-17-9-8-15-19(22-17)23(18(21-15)12-4-2-1-3-5-12)13-6-7-14-16(10-13)25-11-20-14/h1-10,20H,11H2,(H,22,24). The molecule has 5 rings (SSSR count). The van der Waals surface area contributed by atoms with Crippen molar-refractivity contribution < 1.29 is 0 Å². The minimum absolute atomic E-state index is 0.134. The quantitative estimate of drug-likeness (QED) is 0.579. The lowest BCUT2D eigenvalue weighted by molar-refractivity contribution is 1.06. The van der Waals surface area contributed by atoms with Crippen LogP contribution in [0, 0.1) is 0 Å². The number of anilines is 1. The number of pyridine rings is 1. The number of aromatic nitrogens is 3. The second-order valence-corrected chi connectivity index (χ2v) is 6.86. The molecule has 2 aromatic heterocycles. The second kappa shape index (κ2) is 5.53. The van der Waals surface area contributed by atoms with Crippen molar-refractivity contribution in [1.82, 2.24) is 14.5 Å². The van der Waals surface area contributed by atoms with Crippen LogP contribution in [0.2, 0.25) is 0 Å². The van der Waals surface area contributed by atoms with Crippen molar-refractivity contribution in [2.24, 2.45) is 0 Å². The van der Waals surface area contributed by atoms with Crippen LogP contribution in [0.4, 0.5) is 5.69 Å². The number of nitrogens with one attached hydrogen (secondary N) is 2. The van der Waals surface area contributed by atoms with Gasteiger partial charge in [-0.15, -0.1) is 11.8 Å². The molecule has 0 fully saturated rings. The van der Waals surface area contributed by atoms with Crippen LogP contribution < -0.4 is 10.9 Å². The minimum atomic E-state index is -0.134. The Balaban J connectivity index is 1.83. The Kier molecular flexibility index (Phi) is 3.18. The van der Waals surface area contributed by atoms with Gasteiger partial charge < -0.3 is 10.3 Å². The van der Waals surface area contributed by atoms with E-state index >= 15 is 0 Å². The van der Waals surface area contributed by atoms with Crippen molar-refractivity contribution in [3.63, 3.8) is 0 Å². The Morgan fingerprint density at radius 1 is 1.04 bits per heavy atom. The summed E-state index contributed by atoms with van der Waals surface area (Å²) >= 11 is 1.77. The van der Waals surface area contributed by atoms with Crippen molar-refractivity contribution in [1.29, 1.82) is 0 Å². The molecule has 4 aromatic rings. The molecule has 0 aliphatic carbocycles. The monoisotopic (exact) mass is 346 g/mol. The van der Waals surface area contributed by atoms with Crippen LogP contribution in [0.1, 0.15) is 0 Å². The van der Waals surface area contributed by atoms with Crippen LogP contribution in [0.15, 0.2) is 70.4 Å². The molecule has 0 amide bonds. The van der Waals surface area contributed by atoms with E-state index in [9.17, 15) is 4.79 Å². The van der Waals surface area contributed by atoms with E-state index < -0.39 is 0 Å². The van der Waals surface area contributed by atoms with Gasteiger partial charge in [-0.25, -0.2) is 4.98 Å². The third kappa shape index (κ3) is 2.34. The summed E-state index contributed by atoms with van der Waals surface area (Å²) in [7, 11) is 0. The highest BCUT2D eigenvalue weighted by atomic mass is 32.2. The number of imidazole rings is 1. The van der Waals surface area contributed by atoms with Crippen molar-refractivity contribution in [2.75, 3.05) is 11.2 Å². The zero-order valence-corrected chi connectivity index (χ0v) is 14.0. The van der Waals surface area contributed by atoms with E-state index in [1.807, 2.05) is 34.9 Å². The van der Waals surface area contributed by atoms with Gasteiger partial charge in [0.1, 0.15) is 17.0 Å². The van der Waals surface area contributed by atoms with E-state index in [2.05, 4.69) is 28.5 Å². The third-order valence-corrected chi connectivity index (χ3v) is 5.22. The highest BCUT2D eigenvalue weighted by Crippen LogP contribution is 2.36. The lowest BCUT2D eigenvalue weighted by atomic mass is 10.2. The van der Waals surface area contributed by atoms with Gasteiger partial charge in [-0.2, -0.15) is 0 Å². The fourth-order valence-electron chi connectivity index (χ4n) is 3.13. The Labute approximate surface area is 147 Å². The maximum absolute atomic E-state index is 11.9. The first kappa shape index (κ1) is 14.4. The smallest absolute Gasteiger partial charge is 0.249 e. The number of H-pyrrole nitrogens is 1. The molecule has 2 aromatic carbocycles. The molecule has 0 radical (unpaired) electrons. The minimum Gasteiger partial charge on any atom is -0.375 e. The molecule has 122 valence electrons. The molecule has 0 unspecified atom stereocenters. The van der Waals surface area contributed by atoms with E-state index in [1.165, 1.54) is 11.0 Å². The van der Waals surface area contributed by atoms with E-state index in [0.717, 1.165) is 34.2 Å². The first-order valence-electron chi connectivity index (χ1n) is 7.98. The molecule has 0 saturated heterocycles. The summed E-state index contributed by atoms with van der Waals surface area (Å²) in [5.41, 5.74) is 4.48. The largest absolute Gasteiger partial charge is 0.375 e. The topological polar surface area (TPSA) is 62.7 Å². The number of aromatic amines is 1. The SMILES string of the molecule is O=c1ccc2nc(-c3ccccc3)n(-c3ccc4c(c3)SCN4)c2[nH]1. The first-order valence-corrected chi connectivity index (χ1v) is 8.96. The van der Waals surface area contributed by atoms with E-state index in [-0.39, 0.29) is 5.56 Å². The van der Waals surface area contributed by atoms with Crippen molar-refractivity contribution in [2.45, 2.75) is 4.90 Å². The summed E-state index contributed by atoms with van der Waals surface area (Å²) in [5.74, 6) is 1.69. The second-order valence-electron chi connectivity index (χ2n) is 5.84. The summed E-state index contributed by atoms with van der Waals surface area (Å²) in [6.07, 6.45) is 0. The van der Waals surface area contributed by atoms with Crippen LogP contribution in [0.25, 0.3) is 28.2 Å². The fraction of sp³-hybridized carbons (Fsp3) is 0.0526. The van der Waals surface area contributed by atoms with Crippen LogP contribution in [-0.4, -0.2) is 20.4 Å². The normalized spacial score (nSPS) is 13.0. The molecule has 0 saturated carbocycles. The number of thioether (sulfide) groups is 1.